The normalized spacial score (nSPS) is 22.1. The van der Waals surface area contributed by atoms with Gasteiger partial charge in [-0.05, 0) is 43.2 Å². The molecule has 174 valence electrons. The number of hydrogen-bond acceptors (Lipinski definition) is 5. The second-order valence-electron chi connectivity index (χ2n) is 8.30. The number of aliphatic hydroxyl groups excluding tert-OH is 1. The molecule has 0 unspecified atom stereocenters. The lowest BCUT2D eigenvalue weighted by Gasteiger charge is -2.33. The standard InChI is InChI=1S/C26H29BrN2O4/c1-2-14-26(25(31)29-15-5-6-16-29)23(21-8-3-4-9-22(21)27)33-24(28-26)19-10-12-20(13-11-19)32-18-7-17-30/h2-4,8-13,23,30H,1,5-7,14-18H2/t23-,26-/m1/s1. The van der Waals surface area contributed by atoms with E-state index in [1.165, 1.54) is 0 Å². The maximum absolute atomic E-state index is 13.9. The van der Waals surface area contributed by atoms with E-state index in [1.54, 1.807) is 6.08 Å². The van der Waals surface area contributed by atoms with Crippen LogP contribution in [0.25, 0.3) is 0 Å². The maximum atomic E-state index is 13.9. The van der Waals surface area contributed by atoms with Gasteiger partial charge < -0.3 is 19.5 Å². The smallest absolute Gasteiger partial charge is 0.255 e. The van der Waals surface area contributed by atoms with E-state index >= 15 is 0 Å². The van der Waals surface area contributed by atoms with Crippen molar-refractivity contribution >= 4 is 27.7 Å². The monoisotopic (exact) mass is 512 g/mol. The first-order valence-corrected chi connectivity index (χ1v) is 12.1. The van der Waals surface area contributed by atoms with E-state index in [-0.39, 0.29) is 12.5 Å². The third-order valence-corrected chi connectivity index (χ3v) is 6.77. The molecule has 2 aliphatic rings. The topological polar surface area (TPSA) is 71.4 Å². The molecule has 1 fully saturated rings. The minimum atomic E-state index is -1.11. The number of benzene rings is 2. The predicted octanol–water partition coefficient (Wildman–Crippen LogP) is 4.67. The Bertz CT molecular complexity index is 1020. The fourth-order valence-corrected chi connectivity index (χ4v) is 4.87. The van der Waals surface area contributed by atoms with Crippen LogP contribution in [-0.2, 0) is 9.53 Å². The zero-order valence-corrected chi connectivity index (χ0v) is 20.2. The predicted molar refractivity (Wildman–Crippen MR) is 132 cm³/mol. The summed E-state index contributed by atoms with van der Waals surface area (Å²) in [7, 11) is 0. The molecule has 2 aromatic rings. The van der Waals surface area contributed by atoms with Gasteiger partial charge in [0.2, 0.25) is 5.90 Å². The quantitative estimate of drug-likeness (QED) is 0.391. The van der Waals surface area contributed by atoms with Crippen molar-refractivity contribution in [2.75, 3.05) is 26.3 Å². The van der Waals surface area contributed by atoms with Gasteiger partial charge in [-0.25, -0.2) is 4.99 Å². The second-order valence-corrected chi connectivity index (χ2v) is 9.16. The zero-order valence-electron chi connectivity index (χ0n) is 18.6. The molecule has 0 radical (unpaired) electrons. The third-order valence-electron chi connectivity index (χ3n) is 6.04. The lowest BCUT2D eigenvalue weighted by Crippen LogP contribution is -2.49. The number of carbonyl (C=O) groups excluding carboxylic acids is 1. The first-order chi connectivity index (χ1) is 16.1. The summed E-state index contributed by atoms with van der Waals surface area (Å²) in [5, 5.41) is 8.93. The van der Waals surface area contributed by atoms with Crippen molar-refractivity contribution < 1.29 is 19.4 Å². The van der Waals surface area contributed by atoms with E-state index in [1.807, 2.05) is 53.4 Å². The van der Waals surface area contributed by atoms with Crippen LogP contribution in [0, 0.1) is 0 Å². The number of rotatable bonds is 9. The van der Waals surface area contributed by atoms with Crippen molar-refractivity contribution in [3.8, 4) is 5.75 Å². The summed E-state index contributed by atoms with van der Waals surface area (Å²) >= 11 is 3.64. The average molecular weight is 513 g/mol. The van der Waals surface area contributed by atoms with Crippen molar-refractivity contribution in [2.45, 2.75) is 37.3 Å². The molecule has 1 N–H and O–H groups in total. The number of amides is 1. The molecule has 4 rings (SSSR count). The Morgan fingerprint density at radius 3 is 2.64 bits per heavy atom. The average Bonchev–Trinajstić information content (AvgIpc) is 3.49. The molecule has 0 saturated carbocycles. The lowest BCUT2D eigenvalue weighted by molar-refractivity contribution is -0.138. The molecular weight excluding hydrogens is 484 g/mol. The third kappa shape index (κ3) is 4.84. The molecule has 33 heavy (non-hydrogen) atoms. The van der Waals surface area contributed by atoms with Crippen LogP contribution in [0.5, 0.6) is 5.75 Å². The van der Waals surface area contributed by atoms with Gasteiger partial charge in [0.1, 0.15) is 5.75 Å². The lowest BCUT2D eigenvalue weighted by atomic mass is 9.84. The van der Waals surface area contributed by atoms with Crippen LogP contribution in [0.3, 0.4) is 0 Å². The van der Waals surface area contributed by atoms with Crippen LogP contribution in [-0.4, -0.2) is 53.7 Å². The molecule has 0 bridgehead atoms. The second kappa shape index (κ2) is 10.5. The van der Waals surface area contributed by atoms with Crippen LogP contribution in [0.1, 0.15) is 42.9 Å². The van der Waals surface area contributed by atoms with E-state index < -0.39 is 11.6 Å². The van der Waals surface area contributed by atoms with Crippen LogP contribution in [0.2, 0.25) is 0 Å². The zero-order chi connectivity index (χ0) is 23.3. The molecule has 2 aromatic carbocycles. The fourth-order valence-electron chi connectivity index (χ4n) is 4.38. The van der Waals surface area contributed by atoms with Gasteiger partial charge in [0.15, 0.2) is 11.6 Å². The van der Waals surface area contributed by atoms with Crippen molar-refractivity contribution in [3.05, 3.63) is 76.8 Å². The number of carbonyl (C=O) groups is 1. The van der Waals surface area contributed by atoms with Gasteiger partial charge in [0.25, 0.3) is 5.91 Å². The highest BCUT2D eigenvalue weighted by atomic mass is 79.9. The van der Waals surface area contributed by atoms with Crippen LogP contribution < -0.4 is 4.74 Å². The van der Waals surface area contributed by atoms with E-state index in [2.05, 4.69) is 22.5 Å². The van der Waals surface area contributed by atoms with Gasteiger partial charge in [-0.2, -0.15) is 0 Å². The first kappa shape index (κ1) is 23.5. The number of aliphatic imine (C=N–C) groups is 1. The van der Waals surface area contributed by atoms with E-state index in [4.69, 9.17) is 19.6 Å². The van der Waals surface area contributed by atoms with Gasteiger partial charge in [-0.15, -0.1) is 6.58 Å². The summed E-state index contributed by atoms with van der Waals surface area (Å²) < 4.78 is 13.0. The molecule has 1 amide bonds. The highest BCUT2D eigenvalue weighted by molar-refractivity contribution is 9.10. The highest BCUT2D eigenvalue weighted by Gasteiger charge is 2.54. The number of hydrogen-bond donors (Lipinski definition) is 1. The Labute approximate surface area is 203 Å². The van der Waals surface area contributed by atoms with Crippen molar-refractivity contribution in [2.24, 2.45) is 4.99 Å². The fraction of sp³-hybridized carbons (Fsp3) is 0.385. The van der Waals surface area contributed by atoms with E-state index in [0.29, 0.717) is 31.1 Å². The molecular formula is C26H29BrN2O4. The molecule has 2 aliphatic heterocycles. The molecule has 2 heterocycles. The maximum Gasteiger partial charge on any atom is 0.255 e. The minimum Gasteiger partial charge on any atom is -0.494 e. The molecule has 7 heteroatoms. The summed E-state index contributed by atoms with van der Waals surface area (Å²) in [5.74, 6) is 1.13. The molecule has 0 aliphatic carbocycles. The largest absolute Gasteiger partial charge is 0.494 e. The Morgan fingerprint density at radius 2 is 1.97 bits per heavy atom. The van der Waals surface area contributed by atoms with Crippen LogP contribution >= 0.6 is 15.9 Å². The molecule has 1 saturated heterocycles. The van der Waals surface area contributed by atoms with Crippen LogP contribution in [0.4, 0.5) is 0 Å². The SMILES string of the molecule is C=CC[C@@]1(C(=O)N2CCCC2)N=C(c2ccc(OCCCO)cc2)O[C@@H]1c1ccccc1Br. The summed E-state index contributed by atoms with van der Waals surface area (Å²) in [5.41, 5.74) is 0.554. The van der Waals surface area contributed by atoms with Crippen molar-refractivity contribution in [3.63, 3.8) is 0 Å². The van der Waals surface area contributed by atoms with Gasteiger partial charge in [0.05, 0.1) is 6.61 Å². The van der Waals surface area contributed by atoms with Crippen molar-refractivity contribution in [1.29, 1.82) is 0 Å². The first-order valence-electron chi connectivity index (χ1n) is 11.3. The van der Waals surface area contributed by atoms with E-state index in [9.17, 15) is 4.79 Å². The van der Waals surface area contributed by atoms with Gasteiger partial charge in [-0.1, -0.05) is 40.2 Å². The summed E-state index contributed by atoms with van der Waals surface area (Å²) in [4.78, 5) is 20.7. The molecule has 0 aromatic heterocycles. The number of aliphatic hydroxyl groups is 1. The van der Waals surface area contributed by atoms with E-state index in [0.717, 1.165) is 41.5 Å². The number of halogens is 1. The van der Waals surface area contributed by atoms with Gasteiger partial charge >= 0.3 is 0 Å². The molecule has 2 atom stereocenters. The van der Waals surface area contributed by atoms with Crippen molar-refractivity contribution in [1.82, 2.24) is 4.90 Å². The minimum absolute atomic E-state index is 0.0142. The molecule has 6 nitrogen and oxygen atoms in total. The Kier molecular flexibility index (Phi) is 7.50. The summed E-state index contributed by atoms with van der Waals surface area (Å²) in [6.07, 6.45) is 4.14. The number of nitrogens with zero attached hydrogens (tertiary/aromatic N) is 2. The van der Waals surface area contributed by atoms with Gasteiger partial charge in [-0.3, -0.25) is 4.79 Å². The number of ether oxygens (including phenoxy) is 2. The van der Waals surface area contributed by atoms with Gasteiger partial charge in [0, 0.05) is 48.1 Å². The summed E-state index contributed by atoms with van der Waals surface area (Å²) in [6, 6.07) is 15.3. The number of likely N-dealkylation sites (tertiary alicyclic amines) is 1. The summed E-state index contributed by atoms with van der Waals surface area (Å²) in [6.45, 7) is 5.96. The highest BCUT2D eigenvalue weighted by Crippen LogP contribution is 2.46. The van der Waals surface area contributed by atoms with Crippen LogP contribution in [0.15, 0.2) is 70.7 Å². The molecule has 0 spiro atoms. The Balaban J connectivity index is 1.71. The Hall–Kier alpha value is -2.64. The Morgan fingerprint density at radius 1 is 1.24 bits per heavy atom.